The van der Waals surface area contributed by atoms with Crippen molar-refractivity contribution < 1.29 is 9.53 Å². The number of benzene rings is 1. The number of amides is 1. The number of carbonyl (C=O) groups is 1. The summed E-state index contributed by atoms with van der Waals surface area (Å²) in [5.41, 5.74) is 1.90. The maximum absolute atomic E-state index is 12.3. The van der Waals surface area contributed by atoms with Gasteiger partial charge in [0.2, 0.25) is 0 Å². The molecular weight excluding hydrogens is 288 g/mol. The van der Waals surface area contributed by atoms with Gasteiger partial charge in [0.05, 0.1) is 6.10 Å². The minimum Gasteiger partial charge on any atom is -0.376 e. The number of ether oxygens (including phenoxy) is 1. The second kappa shape index (κ2) is 7.93. The topological polar surface area (TPSA) is 50.4 Å². The first-order valence-corrected chi connectivity index (χ1v) is 8.94. The van der Waals surface area contributed by atoms with E-state index in [0.717, 1.165) is 37.5 Å². The summed E-state index contributed by atoms with van der Waals surface area (Å²) in [4.78, 5) is 12.3. The van der Waals surface area contributed by atoms with E-state index in [1.165, 1.54) is 24.8 Å². The molecule has 1 saturated carbocycles. The maximum Gasteiger partial charge on any atom is 0.251 e. The highest BCUT2D eigenvalue weighted by molar-refractivity contribution is 5.94. The Hall–Kier alpha value is -1.39. The average molecular weight is 316 g/mol. The van der Waals surface area contributed by atoms with Crippen LogP contribution >= 0.6 is 0 Å². The molecule has 1 amide bonds. The molecule has 3 rings (SSSR count). The Morgan fingerprint density at radius 1 is 1.30 bits per heavy atom. The van der Waals surface area contributed by atoms with Gasteiger partial charge in [-0.25, -0.2) is 0 Å². The SMILES string of the molecule is C[C@@H](NCc1cccc(C(=O)NC[C@@H]2CCCO2)c1)C1CCC1. The van der Waals surface area contributed by atoms with Crippen molar-refractivity contribution in [3.8, 4) is 0 Å². The molecule has 1 heterocycles. The van der Waals surface area contributed by atoms with E-state index in [2.05, 4.69) is 23.6 Å². The van der Waals surface area contributed by atoms with Crippen molar-refractivity contribution in [3.63, 3.8) is 0 Å². The van der Waals surface area contributed by atoms with Gasteiger partial charge in [-0.15, -0.1) is 0 Å². The highest BCUT2D eigenvalue weighted by Gasteiger charge is 2.23. The highest BCUT2D eigenvalue weighted by Crippen LogP contribution is 2.29. The third-order valence-electron chi connectivity index (χ3n) is 5.19. The molecule has 1 aromatic rings. The second-order valence-corrected chi connectivity index (χ2v) is 6.91. The molecule has 2 aliphatic rings. The Bertz CT molecular complexity index is 522. The molecule has 23 heavy (non-hydrogen) atoms. The van der Waals surface area contributed by atoms with Gasteiger partial charge in [-0.05, 0) is 56.2 Å². The second-order valence-electron chi connectivity index (χ2n) is 6.91. The van der Waals surface area contributed by atoms with Crippen molar-refractivity contribution in [2.24, 2.45) is 5.92 Å². The molecule has 1 aliphatic heterocycles. The number of hydrogen-bond donors (Lipinski definition) is 2. The lowest BCUT2D eigenvalue weighted by Crippen LogP contribution is -2.36. The molecule has 2 fully saturated rings. The summed E-state index contributed by atoms with van der Waals surface area (Å²) in [6.45, 7) is 4.52. The van der Waals surface area contributed by atoms with Gasteiger partial charge in [-0.1, -0.05) is 18.6 Å². The quantitative estimate of drug-likeness (QED) is 0.813. The van der Waals surface area contributed by atoms with Crippen LogP contribution in [0.5, 0.6) is 0 Å². The van der Waals surface area contributed by atoms with Gasteiger partial charge in [0, 0.05) is 31.3 Å². The van der Waals surface area contributed by atoms with Gasteiger partial charge in [0.15, 0.2) is 0 Å². The van der Waals surface area contributed by atoms with E-state index in [9.17, 15) is 4.79 Å². The van der Waals surface area contributed by atoms with E-state index < -0.39 is 0 Å². The van der Waals surface area contributed by atoms with E-state index in [1.54, 1.807) is 0 Å². The van der Waals surface area contributed by atoms with Crippen molar-refractivity contribution in [2.75, 3.05) is 13.2 Å². The Morgan fingerprint density at radius 2 is 2.17 bits per heavy atom. The summed E-state index contributed by atoms with van der Waals surface area (Å²) in [6.07, 6.45) is 6.40. The Labute approximate surface area is 139 Å². The molecule has 126 valence electrons. The van der Waals surface area contributed by atoms with Crippen molar-refractivity contribution in [1.29, 1.82) is 0 Å². The van der Waals surface area contributed by atoms with Crippen LogP contribution in [0.3, 0.4) is 0 Å². The van der Waals surface area contributed by atoms with Crippen LogP contribution in [-0.2, 0) is 11.3 Å². The summed E-state index contributed by atoms with van der Waals surface area (Å²) >= 11 is 0. The molecular formula is C19H28N2O2. The van der Waals surface area contributed by atoms with Crippen LogP contribution in [0.2, 0.25) is 0 Å². The van der Waals surface area contributed by atoms with Crippen LogP contribution in [0, 0.1) is 5.92 Å². The summed E-state index contributed by atoms with van der Waals surface area (Å²) < 4.78 is 5.54. The first kappa shape index (κ1) is 16.5. The number of carbonyl (C=O) groups excluding carboxylic acids is 1. The van der Waals surface area contributed by atoms with Gasteiger partial charge in [0.1, 0.15) is 0 Å². The third-order valence-corrected chi connectivity index (χ3v) is 5.19. The lowest BCUT2D eigenvalue weighted by atomic mass is 9.80. The Morgan fingerprint density at radius 3 is 2.87 bits per heavy atom. The fourth-order valence-corrected chi connectivity index (χ4v) is 3.32. The van der Waals surface area contributed by atoms with E-state index >= 15 is 0 Å². The first-order valence-electron chi connectivity index (χ1n) is 8.94. The standard InChI is InChI=1S/C19H28N2O2/c1-14(16-6-3-7-16)20-12-15-5-2-8-17(11-15)19(22)21-13-18-9-4-10-23-18/h2,5,8,11,14,16,18,20H,3-4,6-7,9-10,12-13H2,1H3,(H,21,22)/t14-,18+/m1/s1. The van der Waals surface area contributed by atoms with Gasteiger partial charge in [0.25, 0.3) is 5.91 Å². The van der Waals surface area contributed by atoms with Crippen molar-refractivity contribution in [3.05, 3.63) is 35.4 Å². The predicted octanol–water partition coefficient (Wildman–Crippen LogP) is 2.87. The zero-order valence-corrected chi connectivity index (χ0v) is 14.0. The summed E-state index contributed by atoms with van der Waals surface area (Å²) in [7, 11) is 0. The molecule has 1 aliphatic carbocycles. The van der Waals surface area contributed by atoms with E-state index in [1.807, 2.05) is 18.2 Å². The summed E-state index contributed by atoms with van der Waals surface area (Å²) in [6, 6.07) is 8.47. The normalized spacial score (nSPS) is 22.6. The molecule has 2 atom stereocenters. The number of nitrogens with one attached hydrogen (secondary N) is 2. The van der Waals surface area contributed by atoms with Crippen LogP contribution in [0.15, 0.2) is 24.3 Å². The molecule has 0 spiro atoms. The number of rotatable bonds is 7. The smallest absolute Gasteiger partial charge is 0.251 e. The molecule has 1 saturated heterocycles. The highest BCUT2D eigenvalue weighted by atomic mass is 16.5. The first-order chi connectivity index (χ1) is 11.2. The zero-order chi connectivity index (χ0) is 16.1. The molecule has 2 N–H and O–H groups in total. The minimum atomic E-state index is -0.00519. The molecule has 0 unspecified atom stereocenters. The van der Waals surface area contributed by atoms with Gasteiger partial charge in [-0.2, -0.15) is 0 Å². The number of hydrogen-bond acceptors (Lipinski definition) is 3. The molecule has 0 radical (unpaired) electrons. The summed E-state index contributed by atoms with van der Waals surface area (Å²) in [5.74, 6) is 0.822. The average Bonchev–Trinajstić information content (AvgIpc) is 3.02. The van der Waals surface area contributed by atoms with Crippen LogP contribution in [-0.4, -0.2) is 31.2 Å². The molecule has 4 nitrogen and oxygen atoms in total. The van der Waals surface area contributed by atoms with Crippen LogP contribution < -0.4 is 10.6 Å². The van der Waals surface area contributed by atoms with Crippen molar-refractivity contribution in [1.82, 2.24) is 10.6 Å². The molecule has 1 aromatic carbocycles. The molecule has 0 bridgehead atoms. The Balaban J connectivity index is 1.48. The lowest BCUT2D eigenvalue weighted by Gasteiger charge is -2.32. The van der Waals surface area contributed by atoms with E-state index in [4.69, 9.17) is 4.74 Å². The largest absolute Gasteiger partial charge is 0.376 e. The minimum absolute atomic E-state index is 0.00519. The maximum atomic E-state index is 12.3. The van der Waals surface area contributed by atoms with Crippen LogP contribution in [0.4, 0.5) is 0 Å². The van der Waals surface area contributed by atoms with E-state index in [-0.39, 0.29) is 12.0 Å². The predicted molar refractivity (Wildman–Crippen MR) is 91.4 cm³/mol. The van der Waals surface area contributed by atoms with Crippen molar-refractivity contribution in [2.45, 2.75) is 57.7 Å². The van der Waals surface area contributed by atoms with Gasteiger partial charge in [-0.3, -0.25) is 4.79 Å². The fourth-order valence-electron chi connectivity index (χ4n) is 3.32. The third kappa shape index (κ3) is 4.55. The van der Waals surface area contributed by atoms with Crippen molar-refractivity contribution >= 4 is 5.91 Å². The van der Waals surface area contributed by atoms with Crippen LogP contribution in [0.1, 0.15) is 54.9 Å². The van der Waals surface area contributed by atoms with Gasteiger partial charge >= 0.3 is 0 Å². The van der Waals surface area contributed by atoms with E-state index in [0.29, 0.717) is 12.6 Å². The Kier molecular flexibility index (Phi) is 5.68. The summed E-state index contributed by atoms with van der Waals surface area (Å²) in [5, 5.41) is 6.58. The lowest BCUT2D eigenvalue weighted by molar-refractivity contribution is 0.0857. The van der Waals surface area contributed by atoms with Crippen LogP contribution in [0.25, 0.3) is 0 Å². The van der Waals surface area contributed by atoms with Gasteiger partial charge < -0.3 is 15.4 Å². The zero-order valence-electron chi connectivity index (χ0n) is 14.0. The molecule has 0 aromatic heterocycles. The molecule has 4 heteroatoms. The fraction of sp³-hybridized carbons (Fsp3) is 0.632. The monoisotopic (exact) mass is 316 g/mol.